The van der Waals surface area contributed by atoms with Gasteiger partial charge in [0.2, 0.25) is 10.0 Å². The van der Waals surface area contributed by atoms with Gasteiger partial charge in [-0.2, -0.15) is 0 Å². The van der Waals surface area contributed by atoms with Crippen LogP contribution in [0.3, 0.4) is 0 Å². The fourth-order valence-electron chi connectivity index (χ4n) is 2.31. The third kappa shape index (κ3) is 5.88. The summed E-state index contributed by atoms with van der Waals surface area (Å²) < 4.78 is 25.7. The molecule has 0 amide bonds. The Morgan fingerprint density at radius 3 is 2.74 bits per heavy atom. The molecule has 0 bridgehead atoms. The zero-order valence-electron chi connectivity index (χ0n) is 11.5. The quantitative estimate of drug-likeness (QED) is 0.680. The summed E-state index contributed by atoms with van der Waals surface area (Å²) in [4.78, 5) is 10.5. The molecular formula is C12H24N2O4S. The minimum absolute atomic E-state index is 0.303. The molecule has 1 aliphatic rings. The Morgan fingerprint density at radius 1 is 1.47 bits per heavy atom. The van der Waals surface area contributed by atoms with Crippen molar-refractivity contribution >= 4 is 16.0 Å². The Kier molecular flexibility index (Phi) is 6.74. The van der Waals surface area contributed by atoms with Gasteiger partial charge in [0.15, 0.2) is 0 Å². The topological polar surface area (TPSA) is 86.7 Å². The van der Waals surface area contributed by atoms with Crippen LogP contribution in [-0.4, -0.2) is 55.7 Å². The highest BCUT2D eigenvalue weighted by Gasteiger charge is 2.26. The second-order valence-corrected chi connectivity index (χ2v) is 7.12. The van der Waals surface area contributed by atoms with Crippen LogP contribution in [0.5, 0.6) is 0 Å². The molecule has 1 atom stereocenters. The van der Waals surface area contributed by atoms with E-state index in [4.69, 9.17) is 5.11 Å². The van der Waals surface area contributed by atoms with Crippen LogP contribution in [0.4, 0.5) is 0 Å². The number of piperidine rings is 1. The number of nitrogens with one attached hydrogen (secondary N) is 1. The van der Waals surface area contributed by atoms with E-state index in [9.17, 15) is 13.2 Å². The number of aliphatic carboxylic acids is 1. The van der Waals surface area contributed by atoms with Gasteiger partial charge in [0.05, 0.1) is 12.2 Å². The smallest absolute Gasteiger partial charge is 0.304 e. The zero-order chi connectivity index (χ0) is 14.3. The average molecular weight is 292 g/mol. The van der Waals surface area contributed by atoms with Crippen LogP contribution < -0.4 is 5.32 Å². The summed E-state index contributed by atoms with van der Waals surface area (Å²) in [5, 5.41) is 11.9. The van der Waals surface area contributed by atoms with Crippen LogP contribution in [0.15, 0.2) is 0 Å². The fraction of sp³-hybridized carbons (Fsp3) is 0.917. The molecule has 0 aromatic rings. The molecule has 6 nitrogen and oxygen atoms in total. The predicted octanol–water partition coefficient (Wildman–Crippen LogP) is 0.503. The monoisotopic (exact) mass is 292 g/mol. The maximum absolute atomic E-state index is 12.1. The molecule has 0 radical (unpaired) electrons. The second kappa shape index (κ2) is 7.81. The molecule has 1 heterocycles. The maximum atomic E-state index is 12.1. The summed E-state index contributed by atoms with van der Waals surface area (Å²) in [5.41, 5.74) is 0. The summed E-state index contributed by atoms with van der Waals surface area (Å²) in [7, 11) is -3.45. The first-order valence-corrected chi connectivity index (χ1v) is 8.47. The van der Waals surface area contributed by atoms with E-state index < -0.39 is 16.0 Å². The molecule has 19 heavy (non-hydrogen) atoms. The Hall–Kier alpha value is -0.660. The predicted molar refractivity (Wildman–Crippen MR) is 73.5 cm³/mol. The van der Waals surface area contributed by atoms with Crippen molar-refractivity contribution in [1.29, 1.82) is 0 Å². The summed E-state index contributed by atoms with van der Waals surface area (Å²) in [6, 6.07) is 0. The summed E-state index contributed by atoms with van der Waals surface area (Å²) >= 11 is 0. The van der Waals surface area contributed by atoms with Gasteiger partial charge in [-0.3, -0.25) is 4.79 Å². The number of carboxylic acids is 1. The Morgan fingerprint density at radius 2 is 2.21 bits per heavy atom. The maximum Gasteiger partial charge on any atom is 0.304 e. The lowest BCUT2D eigenvalue weighted by Gasteiger charge is -2.29. The fourth-order valence-corrected chi connectivity index (χ4v) is 3.90. The molecule has 7 heteroatoms. The van der Waals surface area contributed by atoms with Crippen molar-refractivity contribution in [3.05, 3.63) is 0 Å². The molecule has 112 valence electrons. The summed E-state index contributed by atoms with van der Waals surface area (Å²) in [5.74, 6) is -1.04. The molecule has 0 saturated carbocycles. The van der Waals surface area contributed by atoms with Crippen LogP contribution in [0.2, 0.25) is 0 Å². The van der Waals surface area contributed by atoms with Gasteiger partial charge in [0.1, 0.15) is 0 Å². The molecule has 2 N–H and O–H groups in total. The van der Waals surface area contributed by atoms with Gasteiger partial charge in [-0.1, -0.05) is 6.92 Å². The number of nitrogens with zero attached hydrogens (tertiary/aromatic N) is 1. The molecule has 1 rings (SSSR count). The summed E-state index contributed by atoms with van der Waals surface area (Å²) in [6.07, 6.45) is 2.51. The second-order valence-electron chi connectivity index (χ2n) is 5.03. The summed E-state index contributed by atoms with van der Waals surface area (Å²) in [6.45, 7) is 4.74. The van der Waals surface area contributed by atoms with Crippen molar-refractivity contribution in [2.45, 2.75) is 32.6 Å². The van der Waals surface area contributed by atoms with E-state index in [-0.39, 0.29) is 12.2 Å². The molecule has 0 spiro atoms. The lowest BCUT2D eigenvalue weighted by atomic mass is 10.00. The van der Waals surface area contributed by atoms with Crippen molar-refractivity contribution in [3.8, 4) is 0 Å². The normalized spacial score (nSPS) is 20.6. The van der Waals surface area contributed by atoms with Gasteiger partial charge < -0.3 is 10.4 Å². The first kappa shape index (κ1) is 16.4. The van der Waals surface area contributed by atoms with Crippen molar-refractivity contribution in [2.75, 3.05) is 31.9 Å². The minimum Gasteiger partial charge on any atom is -0.481 e. The number of sulfonamides is 1. The van der Waals surface area contributed by atoms with Crippen LogP contribution in [0.1, 0.15) is 32.6 Å². The van der Waals surface area contributed by atoms with E-state index >= 15 is 0 Å². The number of hydrogen-bond acceptors (Lipinski definition) is 4. The standard InChI is InChI=1S/C12H24N2O4S/c1-2-7-14(10-11-4-3-6-13-9-11)19(17,18)8-5-12(15)16/h11,13H,2-10H2,1H3,(H,15,16). The Labute approximate surface area is 115 Å². The van der Waals surface area contributed by atoms with Crippen LogP contribution in [0.25, 0.3) is 0 Å². The lowest BCUT2D eigenvalue weighted by molar-refractivity contribution is -0.136. The first-order valence-electron chi connectivity index (χ1n) is 6.86. The minimum atomic E-state index is -3.45. The molecule has 1 fully saturated rings. The Bertz CT molecular complexity index is 377. The van der Waals surface area contributed by atoms with E-state index in [2.05, 4.69) is 5.32 Å². The molecule has 0 aliphatic carbocycles. The molecule has 0 aromatic carbocycles. The van der Waals surface area contributed by atoms with Crippen LogP contribution >= 0.6 is 0 Å². The van der Waals surface area contributed by atoms with Crippen molar-refractivity contribution in [2.24, 2.45) is 5.92 Å². The average Bonchev–Trinajstić information content (AvgIpc) is 2.37. The van der Waals surface area contributed by atoms with Crippen molar-refractivity contribution in [1.82, 2.24) is 9.62 Å². The van der Waals surface area contributed by atoms with Crippen molar-refractivity contribution in [3.63, 3.8) is 0 Å². The number of carbonyl (C=O) groups is 1. The van der Waals surface area contributed by atoms with Crippen LogP contribution in [-0.2, 0) is 14.8 Å². The lowest BCUT2D eigenvalue weighted by Crippen LogP contribution is -2.42. The highest BCUT2D eigenvalue weighted by molar-refractivity contribution is 7.89. The van der Waals surface area contributed by atoms with Gasteiger partial charge in [-0.15, -0.1) is 0 Å². The van der Waals surface area contributed by atoms with E-state index in [1.807, 2.05) is 6.92 Å². The first-order chi connectivity index (χ1) is 8.95. The van der Waals surface area contributed by atoms with Crippen LogP contribution in [0, 0.1) is 5.92 Å². The highest BCUT2D eigenvalue weighted by Crippen LogP contribution is 2.15. The van der Waals surface area contributed by atoms with E-state index in [0.717, 1.165) is 32.4 Å². The van der Waals surface area contributed by atoms with Gasteiger partial charge in [-0.25, -0.2) is 12.7 Å². The third-order valence-corrected chi connectivity index (χ3v) is 5.14. The van der Waals surface area contributed by atoms with E-state index in [0.29, 0.717) is 19.0 Å². The molecule has 1 saturated heterocycles. The molecule has 1 aliphatic heterocycles. The van der Waals surface area contributed by atoms with E-state index in [1.165, 1.54) is 4.31 Å². The molecule has 1 unspecified atom stereocenters. The number of hydrogen-bond donors (Lipinski definition) is 2. The van der Waals surface area contributed by atoms with E-state index in [1.54, 1.807) is 0 Å². The van der Waals surface area contributed by atoms with Gasteiger partial charge >= 0.3 is 5.97 Å². The number of rotatable bonds is 8. The van der Waals surface area contributed by atoms with Gasteiger partial charge in [-0.05, 0) is 38.3 Å². The van der Waals surface area contributed by atoms with Gasteiger partial charge in [0, 0.05) is 13.1 Å². The highest BCUT2D eigenvalue weighted by atomic mass is 32.2. The SMILES string of the molecule is CCCN(CC1CCCNC1)S(=O)(=O)CCC(=O)O. The van der Waals surface area contributed by atoms with Crippen molar-refractivity contribution < 1.29 is 18.3 Å². The molecule has 0 aromatic heterocycles. The van der Waals surface area contributed by atoms with Gasteiger partial charge in [0.25, 0.3) is 0 Å². The zero-order valence-corrected chi connectivity index (χ0v) is 12.3. The molecular weight excluding hydrogens is 268 g/mol. The number of carboxylic acid groups (broad SMARTS) is 1. The largest absolute Gasteiger partial charge is 0.481 e. The third-order valence-electron chi connectivity index (χ3n) is 3.30. The Balaban J connectivity index is 2.60.